The van der Waals surface area contributed by atoms with Crippen LogP contribution in [0.1, 0.15) is 39.4 Å². The molecule has 2 nitrogen and oxygen atoms in total. The lowest BCUT2D eigenvalue weighted by Gasteiger charge is -2.21. The van der Waals surface area contributed by atoms with E-state index in [4.69, 9.17) is 5.84 Å². The molecule has 0 fully saturated rings. The molecule has 1 unspecified atom stereocenters. The quantitative estimate of drug-likeness (QED) is 0.661. The first-order chi connectivity index (χ1) is 9.42. The smallest absolute Gasteiger partial charge is 0.123 e. The maximum Gasteiger partial charge on any atom is 0.123 e. The first kappa shape index (κ1) is 14.7. The van der Waals surface area contributed by atoms with E-state index in [1.54, 1.807) is 0 Å². The van der Waals surface area contributed by atoms with E-state index in [9.17, 15) is 4.39 Å². The molecule has 20 heavy (non-hydrogen) atoms. The van der Waals surface area contributed by atoms with Gasteiger partial charge in [-0.3, -0.25) is 5.84 Å². The van der Waals surface area contributed by atoms with Crippen LogP contribution in [0.3, 0.4) is 0 Å². The van der Waals surface area contributed by atoms with Crippen molar-refractivity contribution in [3.63, 3.8) is 0 Å². The van der Waals surface area contributed by atoms with Crippen LogP contribution < -0.4 is 11.3 Å². The number of benzene rings is 2. The molecule has 0 saturated carbocycles. The van der Waals surface area contributed by atoms with Gasteiger partial charge in [0, 0.05) is 0 Å². The van der Waals surface area contributed by atoms with Crippen molar-refractivity contribution in [1.82, 2.24) is 5.43 Å². The predicted molar refractivity (Wildman–Crippen MR) is 81.0 cm³/mol. The second-order valence-electron chi connectivity index (χ2n) is 5.45. The molecule has 0 aliphatic carbocycles. The van der Waals surface area contributed by atoms with Crippen LogP contribution >= 0.6 is 0 Å². The van der Waals surface area contributed by atoms with Gasteiger partial charge in [0.25, 0.3) is 0 Å². The zero-order valence-corrected chi connectivity index (χ0v) is 12.4. The summed E-state index contributed by atoms with van der Waals surface area (Å²) in [6.07, 6.45) is 0. The summed E-state index contributed by atoms with van der Waals surface area (Å²) in [6.45, 7) is 8.09. The van der Waals surface area contributed by atoms with Gasteiger partial charge in [0.2, 0.25) is 0 Å². The Morgan fingerprint density at radius 2 is 1.55 bits per heavy atom. The molecule has 2 rings (SSSR count). The van der Waals surface area contributed by atoms with Crippen molar-refractivity contribution >= 4 is 0 Å². The Bertz CT molecular complexity index is 615. The van der Waals surface area contributed by atoms with Gasteiger partial charge >= 0.3 is 0 Å². The average molecular weight is 272 g/mol. The predicted octanol–water partition coefficient (Wildman–Crippen LogP) is 3.61. The lowest BCUT2D eigenvalue weighted by molar-refractivity contribution is 0.602. The fourth-order valence-electron chi connectivity index (χ4n) is 2.59. The van der Waals surface area contributed by atoms with Crippen molar-refractivity contribution in [2.45, 2.75) is 33.7 Å². The summed E-state index contributed by atoms with van der Waals surface area (Å²) in [7, 11) is 0. The summed E-state index contributed by atoms with van der Waals surface area (Å²) < 4.78 is 13.6. The Morgan fingerprint density at radius 3 is 2.15 bits per heavy atom. The van der Waals surface area contributed by atoms with Crippen molar-refractivity contribution in [3.05, 3.63) is 69.5 Å². The molecule has 0 radical (unpaired) electrons. The number of hydrazine groups is 1. The van der Waals surface area contributed by atoms with E-state index in [-0.39, 0.29) is 11.9 Å². The first-order valence-corrected chi connectivity index (χ1v) is 6.73. The van der Waals surface area contributed by atoms with Gasteiger partial charge in [-0.05, 0) is 73.2 Å². The highest BCUT2D eigenvalue weighted by molar-refractivity contribution is 5.43. The van der Waals surface area contributed by atoms with Gasteiger partial charge in [0.15, 0.2) is 0 Å². The van der Waals surface area contributed by atoms with E-state index >= 15 is 0 Å². The molecule has 2 aromatic rings. The normalized spacial score (nSPS) is 12.5. The molecule has 0 aliphatic rings. The van der Waals surface area contributed by atoms with E-state index in [1.165, 1.54) is 23.3 Å². The molecule has 0 aromatic heterocycles. The third-order valence-corrected chi connectivity index (χ3v) is 3.76. The summed E-state index contributed by atoms with van der Waals surface area (Å²) in [5, 5.41) is 0. The molecule has 0 saturated heterocycles. The molecule has 106 valence electrons. The SMILES string of the molecule is Cc1cc(F)cc(C(NN)c2cc(C)c(C)cc2C)c1. The Kier molecular flexibility index (Phi) is 4.21. The van der Waals surface area contributed by atoms with Gasteiger partial charge < -0.3 is 0 Å². The Labute approximate surface area is 119 Å². The highest BCUT2D eigenvalue weighted by atomic mass is 19.1. The van der Waals surface area contributed by atoms with E-state index in [1.807, 2.05) is 13.0 Å². The maximum atomic E-state index is 13.6. The summed E-state index contributed by atoms with van der Waals surface area (Å²) in [6, 6.07) is 9.07. The highest BCUT2D eigenvalue weighted by Crippen LogP contribution is 2.27. The zero-order chi connectivity index (χ0) is 14.9. The van der Waals surface area contributed by atoms with Gasteiger partial charge in [-0.1, -0.05) is 18.2 Å². The molecule has 0 spiro atoms. The van der Waals surface area contributed by atoms with Gasteiger partial charge in [-0.15, -0.1) is 0 Å². The number of nitrogens with two attached hydrogens (primary N) is 1. The average Bonchev–Trinajstić information content (AvgIpc) is 2.35. The fourth-order valence-corrected chi connectivity index (χ4v) is 2.59. The summed E-state index contributed by atoms with van der Waals surface area (Å²) >= 11 is 0. The lowest BCUT2D eigenvalue weighted by Crippen LogP contribution is -2.29. The minimum atomic E-state index is -0.235. The monoisotopic (exact) mass is 272 g/mol. The van der Waals surface area contributed by atoms with Crippen LogP contribution in [0.15, 0.2) is 30.3 Å². The Morgan fingerprint density at radius 1 is 0.900 bits per heavy atom. The number of halogens is 1. The van der Waals surface area contributed by atoms with Crippen molar-refractivity contribution < 1.29 is 4.39 Å². The van der Waals surface area contributed by atoms with Crippen LogP contribution in [0, 0.1) is 33.5 Å². The largest absolute Gasteiger partial charge is 0.271 e. The van der Waals surface area contributed by atoms with Crippen LogP contribution in [-0.2, 0) is 0 Å². The minimum Gasteiger partial charge on any atom is -0.271 e. The van der Waals surface area contributed by atoms with Crippen molar-refractivity contribution in [2.75, 3.05) is 0 Å². The first-order valence-electron chi connectivity index (χ1n) is 6.73. The molecular weight excluding hydrogens is 251 g/mol. The van der Waals surface area contributed by atoms with Gasteiger partial charge in [0.05, 0.1) is 6.04 Å². The van der Waals surface area contributed by atoms with Crippen LogP contribution in [0.25, 0.3) is 0 Å². The molecule has 3 heteroatoms. The summed E-state index contributed by atoms with van der Waals surface area (Å²) in [4.78, 5) is 0. The second-order valence-corrected chi connectivity index (χ2v) is 5.45. The fraction of sp³-hybridized carbons (Fsp3) is 0.294. The topological polar surface area (TPSA) is 38.0 Å². The highest BCUT2D eigenvalue weighted by Gasteiger charge is 2.16. The third-order valence-electron chi connectivity index (χ3n) is 3.76. The van der Waals surface area contributed by atoms with Gasteiger partial charge in [-0.2, -0.15) is 0 Å². The van der Waals surface area contributed by atoms with Crippen LogP contribution in [0.4, 0.5) is 4.39 Å². The summed E-state index contributed by atoms with van der Waals surface area (Å²) in [5.41, 5.74) is 9.23. The molecule has 0 bridgehead atoms. The lowest BCUT2D eigenvalue weighted by atomic mass is 9.91. The molecule has 3 N–H and O–H groups in total. The number of hydrogen-bond donors (Lipinski definition) is 2. The standard InChI is InChI=1S/C17H21FN2/c1-10-5-14(9-15(18)6-10)17(20-19)16-8-12(3)11(2)7-13(16)4/h5-9,17,20H,19H2,1-4H3. The molecule has 0 aliphatic heterocycles. The van der Waals surface area contributed by atoms with Crippen molar-refractivity contribution in [2.24, 2.45) is 5.84 Å². The molecule has 0 amide bonds. The molecule has 1 atom stereocenters. The molecule has 0 heterocycles. The van der Waals surface area contributed by atoms with E-state index in [0.29, 0.717) is 0 Å². The number of nitrogens with one attached hydrogen (secondary N) is 1. The van der Waals surface area contributed by atoms with Crippen LogP contribution in [0.5, 0.6) is 0 Å². The molecule has 2 aromatic carbocycles. The van der Waals surface area contributed by atoms with Gasteiger partial charge in [-0.25, -0.2) is 9.82 Å². The van der Waals surface area contributed by atoms with Gasteiger partial charge in [0.1, 0.15) is 5.82 Å². The van der Waals surface area contributed by atoms with Crippen LogP contribution in [-0.4, -0.2) is 0 Å². The Balaban J connectivity index is 2.55. The number of rotatable bonds is 3. The van der Waals surface area contributed by atoms with E-state index < -0.39 is 0 Å². The number of aryl methyl sites for hydroxylation is 4. The van der Waals surface area contributed by atoms with E-state index in [0.717, 1.165) is 22.3 Å². The molecular formula is C17H21FN2. The van der Waals surface area contributed by atoms with E-state index in [2.05, 4.69) is 38.3 Å². The van der Waals surface area contributed by atoms with Crippen molar-refractivity contribution in [3.8, 4) is 0 Å². The second kappa shape index (κ2) is 5.73. The third kappa shape index (κ3) is 2.89. The Hall–Kier alpha value is -1.71. The minimum absolute atomic E-state index is 0.205. The maximum absolute atomic E-state index is 13.6. The van der Waals surface area contributed by atoms with Crippen molar-refractivity contribution in [1.29, 1.82) is 0 Å². The summed E-state index contributed by atoms with van der Waals surface area (Å²) in [5.74, 6) is 5.49. The zero-order valence-electron chi connectivity index (χ0n) is 12.4. The number of hydrogen-bond acceptors (Lipinski definition) is 2. The van der Waals surface area contributed by atoms with Crippen LogP contribution in [0.2, 0.25) is 0 Å².